The van der Waals surface area contributed by atoms with Crippen molar-refractivity contribution in [1.82, 2.24) is 5.32 Å². The highest BCUT2D eigenvalue weighted by Gasteiger charge is 2.26. The van der Waals surface area contributed by atoms with Gasteiger partial charge in [-0.1, -0.05) is 12.1 Å². The highest BCUT2D eigenvalue weighted by Crippen LogP contribution is 2.22. The monoisotopic (exact) mass is 192 g/mol. The Balaban J connectivity index is 2.10. The number of nitrogen functional groups attached to an aromatic ring is 1. The number of amides is 1. The summed E-state index contributed by atoms with van der Waals surface area (Å²) in [6, 6.07) is 7.18. The molecule has 14 heavy (non-hydrogen) atoms. The van der Waals surface area contributed by atoms with Crippen molar-refractivity contribution in [2.75, 3.05) is 12.3 Å². The zero-order chi connectivity index (χ0) is 9.97. The molecule has 4 heteroatoms. The zero-order valence-electron chi connectivity index (χ0n) is 7.69. The number of nitrogens with two attached hydrogens (primary N) is 1. The smallest absolute Gasteiger partial charge is 0.261 e. The van der Waals surface area contributed by atoms with Crippen LogP contribution < -0.4 is 15.8 Å². The molecule has 1 unspecified atom stereocenters. The van der Waals surface area contributed by atoms with Crippen LogP contribution in [-0.4, -0.2) is 18.6 Å². The molecule has 2 rings (SSSR count). The van der Waals surface area contributed by atoms with Gasteiger partial charge in [0.15, 0.2) is 6.10 Å². The largest absolute Gasteiger partial charge is 0.478 e. The van der Waals surface area contributed by atoms with Gasteiger partial charge in [0.2, 0.25) is 0 Å². The molecule has 1 aliphatic rings. The molecule has 1 atom stereocenters. The van der Waals surface area contributed by atoms with Gasteiger partial charge in [0.25, 0.3) is 5.91 Å². The Bertz CT molecular complexity index is 352. The number of para-hydroxylation sites is 2. The molecule has 0 saturated carbocycles. The first-order valence-electron chi connectivity index (χ1n) is 4.56. The molecule has 0 bridgehead atoms. The summed E-state index contributed by atoms with van der Waals surface area (Å²) in [5, 5.41) is 2.70. The Morgan fingerprint density at radius 1 is 1.43 bits per heavy atom. The number of benzene rings is 1. The van der Waals surface area contributed by atoms with E-state index in [1.165, 1.54) is 0 Å². The molecule has 1 fully saturated rings. The van der Waals surface area contributed by atoms with E-state index in [2.05, 4.69) is 5.32 Å². The summed E-state index contributed by atoms with van der Waals surface area (Å²) in [7, 11) is 0. The van der Waals surface area contributed by atoms with Gasteiger partial charge in [-0.2, -0.15) is 0 Å². The van der Waals surface area contributed by atoms with Crippen LogP contribution in [0, 0.1) is 0 Å². The van der Waals surface area contributed by atoms with Crippen LogP contribution in [0.25, 0.3) is 0 Å². The van der Waals surface area contributed by atoms with Crippen LogP contribution in [0.1, 0.15) is 6.42 Å². The van der Waals surface area contributed by atoms with E-state index < -0.39 is 0 Å². The summed E-state index contributed by atoms with van der Waals surface area (Å²) < 4.78 is 5.48. The first-order valence-corrected chi connectivity index (χ1v) is 4.56. The minimum atomic E-state index is -0.389. The standard InChI is InChI=1S/C10H12N2O2/c11-7-3-1-2-4-8(7)14-9-5-6-12-10(9)13/h1-4,9H,5-6,11H2,(H,12,13). The van der Waals surface area contributed by atoms with Crippen LogP contribution >= 0.6 is 0 Å². The summed E-state index contributed by atoms with van der Waals surface area (Å²) in [5.41, 5.74) is 6.25. The first kappa shape index (κ1) is 8.87. The van der Waals surface area contributed by atoms with Crippen molar-refractivity contribution in [1.29, 1.82) is 0 Å². The molecular weight excluding hydrogens is 180 g/mol. The van der Waals surface area contributed by atoms with Gasteiger partial charge in [0, 0.05) is 13.0 Å². The molecule has 1 aromatic rings. The lowest BCUT2D eigenvalue weighted by atomic mass is 10.2. The number of carbonyl (C=O) groups excluding carboxylic acids is 1. The minimum Gasteiger partial charge on any atom is -0.478 e. The Morgan fingerprint density at radius 3 is 2.86 bits per heavy atom. The lowest BCUT2D eigenvalue weighted by Gasteiger charge is -2.12. The van der Waals surface area contributed by atoms with E-state index in [0.717, 1.165) is 0 Å². The van der Waals surface area contributed by atoms with Gasteiger partial charge in [0.1, 0.15) is 5.75 Å². The van der Waals surface area contributed by atoms with Crippen LogP contribution in [-0.2, 0) is 4.79 Å². The van der Waals surface area contributed by atoms with Crippen LogP contribution in [0.5, 0.6) is 5.75 Å². The van der Waals surface area contributed by atoms with Crippen LogP contribution in [0.3, 0.4) is 0 Å². The maximum Gasteiger partial charge on any atom is 0.261 e. The second-order valence-corrected chi connectivity index (χ2v) is 3.22. The number of ether oxygens (including phenoxy) is 1. The molecular formula is C10H12N2O2. The molecule has 1 aromatic carbocycles. The summed E-state index contributed by atoms with van der Waals surface area (Å²) in [4.78, 5) is 11.2. The third kappa shape index (κ3) is 1.64. The second-order valence-electron chi connectivity index (χ2n) is 3.22. The summed E-state index contributed by atoms with van der Waals surface area (Å²) >= 11 is 0. The van der Waals surface area contributed by atoms with E-state index in [4.69, 9.17) is 10.5 Å². The molecule has 1 aliphatic heterocycles. The van der Waals surface area contributed by atoms with Crippen molar-refractivity contribution < 1.29 is 9.53 Å². The molecule has 1 amide bonds. The predicted molar refractivity (Wildman–Crippen MR) is 52.9 cm³/mol. The van der Waals surface area contributed by atoms with Gasteiger partial charge in [-0.25, -0.2) is 0 Å². The molecule has 4 nitrogen and oxygen atoms in total. The number of carbonyl (C=O) groups is 1. The number of anilines is 1. The van der Waals surface area contributed by atoms with Crippen molar-refractivity contribution in [3.63, 3.8) is 0 Å². The van der Waals surface area contributed by atoms with Crippen molar-refractivity contribution in [3.05, 3.63) is 24.3 Å². The van der Waals surface area contributed by atoms with E-state index in [9.17, 15) is 4.79 Å². The number of nitrogens with one attached hydrogen (secondary N) is 1. The second kappa shape index (κ2) is 3.57. The summed E-state index contributed by atoms with van der Waals surface area (Å²) in [5.74, 6) is 0.516. The average molecular weight is 192 g/mol. The zero-order valence-corrected chi connectivity index (χ0v) is 7.69. The van der Waals surface area contributed by atoms with Gasteiger partial charge >= 0.3 is 0 Å². The summed E-state index contributed by atoms with van der Waals surface area (Å²) in [6.07, 6.45) is 0.312. The molecule has 0 spiro atoms. The highest BCUT2D eigenvalue weighted by molar-refractivity contribution is 5.83. The van der Waals surface area contributed by atoms with E-state index in [0.29, 0.717) is 24.4 Å². The molecule has 1 saturated heterocycles. The van der Waals surface area contributed by atoms with Gasteiger partial charge in [-0.3, -0.25) is 4.79 Å². The topological polar surface area (TPSA) is 64.3 Å². The molecule has 1 heterocycles. The molecule has 3 N–H and O–H groups in total. The van der Waals surface area contributed by atoms with Crippen molar-refractivity contribution in [2.24, 2.45) is 0 Å². The Kier molecular flexibility index (Phi) is 2.26. The summed E-state index contributed by atoms with van der Waals surface area (Å²) in [6.45, 7) is 0.677. The van der Waals surface area contributed by atoms with Crippen molar-refractivity contribution in [2.45, 2.75) is 12.5 Å². The van der Waals surface area contributed by atoms with E-state index >= 15 is 0 Å². The number of hydrogen-bond acceptors (Lipinski definition) is 3. The molecule has 0 aliphatic carbocycles. The number of hydrogen-bond donors (Lipinski definition) is 2. The third-order valence-corrected chi connectivity index (χ3v) is 2.19. The van der Waals surface area contributed by atoms with E-state index in [1.807, 2.05) is 12.1 Å². The van der Waals surface area contributed by atoms with Gasteiger partial charge in [-0.15, -0.1) is 0 Å². The first-order chi connectivity index (χ1) is 6.77. The quantitative estimate of drug-likeness (QED) is 0.672. The van der Waals surface area contributed by atoms with Crippen molar-refractivity contribution in [3.8, 4) is 5.75 Å². The predicted octanol–water partition coefficient (Wildman–Crippen LogP) is 0.536. The van der Waals surface area contributed by atoms with Gasteiger partial charge < -0.3 is 15.8 Å². The molecule has 0 radical (unpaired) electrons. The van der Waals surface area contributed by atoms with Crippen LogP contribution in [0.15, 0.2) is 24.3 Å². The lowest BCUT2D eigenvalue weighted by molar-refractivity contribution is -0.124. The Morgan fingerprint density at radius 2 is 2.21 bits per heavy atom. The molecule has 0 aromatic heterocycles. The maximum atomic E-state index is 11.2. The fourth-order valence-electron chi connectivity index (χ4n) is 1.42. The van der Waals surface area contributed by atoms with Crippen LogP contribution in [0.2, 0.25) is 0 Å². The van der Waals surface area contributed by atoms with E-state index in [1.54, 1.807) is 12.1 Å². The third-order valence-electron chi connectivity index (χ3n) is 2.19. The Hall–Kier alpha value is -1.71. The number of rotatable bonds is 2. The SMILES string of the molecule is Nc1ccccc1OC1CCNC1=O. The normalized spacial score (nSPS) is 20.6. The average Bonchev–Trinajstić information content (AvgIpc) is 2.56. The van der Waals surface area contributed by atoms with Gasteiger partial charge in [-0.05, 0) is 12.1 Å². The Labute approximate surface area is 82.1 Å². The lowest BCUT2D eigenvalue weighted by Crippen LogP contribution is -2.27. The maximum absolute atomic E-state index is 11.2. The fourth-order valence-corrected chi connectivity index (χ4v) is 1.42. The molecule has 74 valence electrons. The minimum absolute atomic E-state index is 0.0618. The van der Waals surface area contributed by atoms with Crippen molar-refractivity contribution >= 4 is 11.6 Å². The fraction of sp³-hybridized carbons (Fsp3) is 0.300. The van der Waals surface area contributed by atoms with E-state index in [-0.39, 0.29) is 12.0 Å². The highest BCUT2D eigenvalue weighted by atomic mass is 16.5. The van der Waals surface area contributed by atoms with Gasteiger partial charge in [0.05, 0.1) is 5.69 Å². The van der Waals surface area contributed by atoms with Crippen LogP contribution in [0.4, 0.5) is 5.69 Å².